The minimum absolute atomic E-state index is 0.0344. The molecule has 1 aromatic heterocycles. The van der Waals surface area contributed by atoms with Gasteiger partial charge in [0.2, 0.25) is 5.91 Å². The van der Waals surface area contributed by atoms with E-state index in [9.17, 15) is 9.59 Å². The zero-order valence-electron chi connectivity index (χ0n) is 19.5. The topological polar surface area (TPSA) is 61.9 Å². The lowest BCUT2D eigenvalue weighted by atomic mass is 10.2. The molecule has 1 N–H and O–H groups in total. The fraction of sp³-hybridized carbons (Fsp3) is 0.308. The molecular weight excluding hydrogens is 470 g/mol. The van der Waals surface area contributed by atoms with Gasteiger partial charge in [0.25, 0.3) is 0 Å². The molecule has 0 fully saturated rings. The van der Waals surface area contributed by atoms with Crippen LogP contribution in [0, 0.1) is 6.92 Å². The Labute approximate surface area is 210 Å². The van der Waals surface area contributed by atoms with Crippen molar-refractivity contribution in [1.29, 1.82) is 0 Å². The zero-order chi connectivity index (χ0) is 24.3. The minimum atomic E-state index is -0.349. The fourth-order valence-electron chi connectivity index (χ4n) is 3.48. The summed E-state index contributed by atoms with van der Waals surface area (Å²) >= 11 is 7.72. The number of carbonyl (C=O) groups is 2. The summed E-state index contributed by atoms with van der Waals surface area (Å²) < 4.78 is 5.15. The number of nitrogens with zero attached hydrogens (tertiary/aromatic N) is 2. The van der Waals surface area contributed by atoms with Crippen LogP contribution in [0.2, 0.25) is 5.02 Å². The van der Waals surface area contributed by atoms with E-state index < -0.39 is 0 Å². The van der Waals surface area contributed by atoms with Crippen LogP contribution in [0.4, 0.5) is 10.5 Å². The standard InChI is InChI=1S/C26H30ClN3O3S/c1-20-12-13-24(34-20)18-30(17-21-8-4-3-5-9-21)25(31)19-29(14-7-15-33-2)26(32)28-23-11-6-10-22(27)16-23/h3-6,8-13,16H,7,14-15,17-19H2,1-2H3,(H,28,32). The van der Waals surface area contributed by atoms with Gasteiger partial charge in [0.05, 0.1) is 6.54 Å². The number of thiophene rings is 1. The molecule has 8 heteroatoms. The van der Waals surface area contributed by atoms with Crippen LogP contribution in [0.1, 0.15) is 21.7 Å². The van der Waals surface area contributed by atoms with Crippen LogP contribution in [-0.2, 0) is 22.6 Å². The smallest absolute Gasteiger partial charge is 0.322 e. The molecule has 0 bridgehead atoms. The summed E-state index contributed by atoms with van der Waals surface area (Å²) in [5.74, 6) is -0.117. The summed E-state index contributed by atoms with van der Waals surface area (Å²) in [6, 6.07) is 20.6. The van der Waals surface area contributed by atoms with Crippen molar-refractivity contribution < 1.29 is 14.3 Å². The fourth-order valence-corrected chi connectivity index (χ4v) is 4.57. The summed E-state index contributed by atoms with van der Waals surface area (Å²) in [5, 5.41) is 3.38. The normalized spacial score (nSPS) is 10.7. The second-order valence-corrected chi connectivity index (χ2v) is 9.77. The van der Waals surface area contributed by atoms with E-state index in [2.05, 4.69) is 18.3 Å². The van der Waals surface area contributed by atoms with Crippen molar-refractivity contribution in [2.45, 2.75) is 26.4 Å². The van der Waals surface area contributed by atoms with Gasteiger partial charge in [-0.2, -0.15) is 0 Å². The highest BCUT2D eigenvalue weighted by atomic mass is 35.5. The van der Waals surface area contributed by atoms with Crippen molar-refractivity contribution in [3.8, 4) is 0 Å². The second-order valence-electron chi connectivity index (χ2n) is 7.96. The first-order chi connectivity index (χ1) is 16.4. The molecule has 1 heterocycles. The number of urea groups is 1. The van der Waals surface area contributed by atoms with Crippen molar-refractivity contribution in [3.05, 3.63) is 87.1 Å². The van der Waals surface area contributed by atoms with E-state index in [0.29, 0.717) is 43.4 Å². The number of halogens is 1. The van der Waals surface area contributed by atoms with Gasteiger partial charge in [0.1, 0.15) is 6.54 Å². The van der Waals surface area contributed by atoms with Crippen LogP contribution in [-0.4, -0.2) is 48.5 Å². The van der Waals surface area contributed by atoms with Crippen molar-refractivity contribution in [2.75, 3.05) is 32.1 Å². The van der Waals surface area contributed by atoms with Gasteiger partial charge in [-0.05, 0) is 49.2 Å². The molecule has 0 saturated heterocycles. The molecule has 180 valence electrons. The summed E-state index contributed by atoms with van der Waals surface area (Å²) in [6.45, 7) is 3.87. The number of carbonyl (C=O) groups excluding carboxylic acids is 2. The molecule has 3 rings (SSSR count). The number of amides is 3. The maximum atomic E-state index is 13.5. The Balaban J connectivity index is 1.75. The molecular formula is C26H30ClN3O3S. The van der Waals surface area contributed by atoms with Gasteiger partial charge in [-0.25, -0.2) is 4.79 Å². The van der Waals surface area contributed by atoms with Gasteiger partial charge in [-0.3, -0.25) is 4.79 Å². The third-order valence-corrected chi connectivity index (χ3v) is 6.40. The SMILES string of the molecule is COCCCN(CC(=O)N(Cc1ccccc1)Cc1ccc(C)s1)C(=O)Nc1cccc(Cl)c1. The lowest BCUT2D eigenvalue weighted by Crippen LogP contribution is -2.44. The van der Waals surface area contributed by atoms with Crippen LogP contribution >= 0.6 is 22.9 Å². The lowest BCUT2D eigenvalue weighted by molar-refractivity contribution is -0.133. The number of ether oxygens (including phenoxy) is 1. The van der Waals surface area contributed by atoms with E-state index in [-0.39, 0.29) is 18.5 Å². The van der Waals surface area contributed by atoms with E-state index in [0.717, 1.165) is 10.4 Å². The Morgan fingerprint density at radius 3 is 2.47 bits per heavy atom. The molecule has 0 radical (unpaired) electrons. The Bertz CT molecular complexity index is 1070. The number of rotatable bonds is 11. The van der Waals surface area contributed by atoms with Crippen LogP contribution in [0.15, 0.2) is 66.7 Å². The van der Waals surface area contributed by atoms with Crippen molar-refractivity contribution in [1.82, 2.24) is 9.80 Å². The molecule has 0 atom stereocenters. The van der Waals surface area contributed by atoms with Gasteiger partial charge in [-0.15, -0.1) is 11.3 Å². The molecule has 0 spiro atoms. The lowest BCUT2D eigenvalue weighted by Gasteiger charge is -2.28. The minimum Gasteiger partial charge on any atom is -0.385 e. The number of nitrogens with one attached hydrogen (secondary N) is 1. The Morgan fingerprint density at radius 1 is 1.00 bits per heavy atom. The van der Waals surface area contributed by atoms with Crippen LogP contribution in [0.3, 0.4) is 0 Å². The molecule has 6 nitrogen and oxygen atoms in total. The maximum absolute atomic E-state index is 13.5. The Morgan fingerprint density at radius 2 is 1.79 bits per heavy atom. The number of anilines is 1. The number of hydrogen-bond donors (Lipinski definition) is 1. The van der Waals surface area contributed by atoms with E-state index in [1.165, 1.54) is 9.78 Å². The molecule has 0 saturated carbocycles. The number of hydrogen-bond acceptors (Lipinski definition) is 4. The van der Waals surface area contributed by atoms with Crippen LogP contribution < -0.4 is 5.32 Å². The van der Waals surface area contributed by atoms with Gasteiger partial charge in [0, 0.05) is 47.3 Å². The third kappa shape index (κ3) is 8.17. The predicted octanol–water partition coefficient (Wildman–Crippen LogP) is 5.81. The molecule has 2 aromatic carbocycles. The monoisotopic (exact) mass is 499 g/mol. The largest absolute Gasteiger partial charge is 0.385 e. The van der Waals surface area contributed by atoms with E-state index >= 15 is 0 Å². The van der Waals surface area contributed by atoms with Gasteiger partial charge < -0.3 is 19.9 Å². The highest BCUT2D eigenvalue weighted by Gasteiger charge is 2.22. The molecule has 0 aliphatic carbocycles. The highest BCUT2D eigenvalue weighted by Crippen LogP contribution is 2.20. The quantitative estimate of drug-likeness (QED) is 0.339. The van der Waals surface area contributed by atoms with Crippen molar-refractivity contribution >= 4 is 40.6 Å². The van der Waals surface area contributed by atoms with Gasteiger partial charge in [0.15, 0.2) is 0 Å². The van der Waals surface area contributed by atoms with Crippen molar-refractivity contribution in [2.24, 2.45) is 0 Å². The summed E-state index contributed by atoms with van der Waals surface area (Å²) in [6.07, 6.45) is 0.621. The zero-order valence-corrected chi connectivity index (χ0v) is 21.1. The first kappa shape index (κ1) is 25.7. The molecule has 0 unspecified atom stereocenters. The van der Waals surface area contributed by atoms with Crippen LogP contribution in [0.25, 0.3) is 0 Å². The first-order valence-electron chi connectivity index (χ1n) is 11.1. The summed E-state index contributed by atoms with van der Waals surface area (Å²) in [5.41, 5.74) is 1.62. The maximum Gasteiger partial charge on any atom is 0.322 e. The Hall–Kier alpha value is -2.87. The third-order valence-electron chi connectivity index (χ3n) is 5.18. The summed E-state index contributed by atoms with van der Waals surface area (Å²) in [4.78, 5) is 32.2. The van der Waals surface area contributed by atoms with Gasteiger partial charge >= 0.3 is 6.03 Å². The molecule has 3 amide bonds. The second kappa shape index (κ2) is 13.1. The average Bonchev–Trinajstić information content (AvgIpc) is 3.23. The Kier molecular flexibility index (Phi) is 9.94. The number of methoxy groups -OCH3 is 1. The molecule has 0 aliphatic rings. The highest BCUT2D eigenvalue weighted by molar-refractivity contribution is 7.11. The predicted molar refractivity (Wildman–Crippen MR) is 138 cm³/mol. The van der Waals surface area contributed by atoms with Crippen molar-refractivity contribution in [3.63, 3.8) is 0 Å². The van der Waals surface area contributed by atoms with E-state index in [1.807, 2.05) is 36.4 Å². The molecule has 0 aliphatic heterocycles. The van der Waals surface area contributed by atoms with Gasteiger partial charge in [-0.1, -0.05) is 48.0 Å². The average molecular weight is 500 g/mol. The van der Waals surface area contributed by atoms with Crippen LogP contribution in [0.5, 0.6) is 0 Å². The molecule has 34 heavy (non-hydrogen) atoms. The first-order valence-corrected chi connectivity index (χ1v) is 12.3. The summed E-state index contributed by atoms with van der Waals surface area (Å²) in [7, 11) is 1.62. The number of benzene rings is 2. The number of aryl methyl sites for hydroxylation is 1. The van der Waals surface area contributed by atoms with E-state index in [4.69, 9.17) is 16.3 Å². The van der Waals surface area contributed by atoms with E-state index in [1.54, 1.807) is 47.6 Å². The molecule has 3 aromatic rings.